The molecule has 0 bridgehead atoms. The van der Waals surface area contributed by atoms with Crippen LogP contribution in [0.25, 0.3) is 0 Å². The quantitative estimate of drug-likeness (QED) is 0.666. The van der Waals surface area contributed by atoms with Crippen LogP contribution in [0.5, 0.6) is 0 Å². The fraction of sp³-hybridized carbons (Fsp3) is 0.429. The molecule has 1 aliphatic rings. The molecule has 2 aromatic heterocycles. The Hall–Kier alpha value is -1.97. The van der Waals surface area contributed by atoms with Gasteiger partial charge in [0.2, 0.25) is 5.91 Å². The zero-order valence-electron chi connectivity index (χ0n) is 12.9. The average molecular weight is 371 g/mol. The molecule has 2 amide bonds. The van der Waals surface area contributed by atoms with Crippen molar-refractivity contribution in [2.45, 2.75) is 31.8 Å². The summed E-state index contributed by atoms with van der Waals surface area (Å²) in [6, 6.07) is 0.324. The van der Waals surface area contributed by atoms with Crippen molar-refractivity contribution < 1.29 is 9.59 Å². The van der Waals surface area contributed by atoms with E-state index in [9.17, 15) is 9.59 Å². The zero-order valence-corrected chi connectivity index (χ0v) is 14.5. The van der Waals surface area contributed by atoms with E-state index in [1.54, 1.807) is 11.6 Å². The first-order valence-electron chi connectivity index (χ1n) is 7.41. The molecule has 0 saturated heterocycles. The van der Waals surface area contributed by atoms with Crippen LogP contribution in [-0.2, 0) is 17.8 Å². The van der Waals surface area contributed by atoms with Gasteiger partial charge in [0.25, 0.3) is 5.91 Å². The van der Waals surface area contributed by atoms with Gasteiger partial charge < -0.3 is 16.4 Å². The van der Waals surface area contributed by atoms with E-state index in [-0.39, 0.29) is 30.8 Å². The Morgan fingerprint density at radius 3 is 2.92 bits per heavy atom. The highest BCUT2D eigenvalue weighted by atomic mass is 35.5. The predicted octanol–water partition coefficient (Wildman–Crippen LogP) is 0.793. The van der Waals surface area contributed by atoms with E-state index in [1.165, 1.54) is 22.2 Å². The molecule has 8 nitrogen and oxygen atoms in total. The first kappa shape index (κ1) is 18.4. The van der Waals surface area contributed by atoms with Gasteiger partial charge in [-0.1, -0.05) is 0 Å². The van der Waals surface area contributed by atoms with Crippen molar-refractivity contribution in [1.29, 1.82) is 0 Å². The number of hydrogen-bond acceptors (Lipinski definition) is 6. The Balaban J connectivity index is 0.00000208. The predicted molar refractivity (Wildman–Crippen MR) is 93.5 cm³/mol. The van der Waals surface area contributed by atoms with Crippen molar-refractivity contribution in [3.63, 3.8) is 0 Å². The van der Waals surface area contributed by atoms with Crippen molar-refractivity contribution >= 4 is 41.2 Å². The molecule has 0 aromatic carbocycles. The van der Waals surface area contributed by atoms with Crippen LogP contribution in [0.3, 0.4) is 0 Å². The van der Waals surface area contributed by atoms with Crippen LogP contribution in [0, 0.1) is 0 Å². The number of carbonyl (C=O) groups excluding carboxylic acids is 2. The van der Waals surface area contributed by atoms with Crippen molar-refractivity contribution in [1.82, 2.24) is 20.1 Å². The van der Waals surface area contributed by atoms with Crippen LogP contribution in [0.15, 0.2) is 17.8 Å². The molecule has 2 heterocycles. The van der Waals surface area contributed by atoms with Gasteiger partial charge >= 0.3 is 0 Å². The monoisotopic (exact) mass is 370 g/mol. The number of amides is 2. The molecule has 24 heavy (non-hydrogen) atoms. The summed E-state index contributed by atoms with van der Waals surface area (Å²) in [5.41, 5.74) is 6.36. The molecule has 1 saturated carbocycles. The Labute approximate surface area is 149 Å². The third-order valence-electron chi connectivity index (χ3n) is 3.28. The molecule has 2 aromatic rings. The number of halogens is 1. The number of nitrogens with two attached hydrogens (primary N) is 1. The SMILES string of the molecule is Cl.NCCc1nc(C(=O)Nc2cnn(CC(=O)NC3CC3)c2)cs1. The molecule has 1 aliphatic carbocycles. The number of carbonyl (C=O) groups is 2. The Morgan fingerprint density at radius 2 is 2.21 bits per heavy atom. The second kappa shape index (κ2) is 8.22. The van der Waals surface area contributed by atoms with E-state index >= 15 is 0 Å². The minimum absolute atomic E-state index is 0. The van der Waals surface area contributed by atoms with Crippen LogP contribution >= 0.6 is 23.7 Å². The summed E-state index contributed by atoms with van der Waals surface area (Å²) in [5, 5.41) is 12.2. The van der Waals surface area contributed by atoms with E-state index in [1.807, 2.05) is 0 Å². The Morgan fingerprint density at radius 1 is 1.42 bits per heavy atom. The Bertz CT molecular complexity index is 712. The van der Waals surface area contributed by atoms with Crippen LogP contribution in [0.4, 0.5) is 5.69 Å². The molecule has 10 heteroatoms. The van der Waals surface area contributed by atoms with Gasteiger partial charge in [0.15, 0.2) is 0 Å². The van der Waals surface area contributed by atoms with Gasteiger partial charge in [-0.2, -0.15) is 5.10 Å². The summed E-state index contributed by atoms with van der Waals surface area (Å²) in [5.74, 6) is -0.370. The number of nitrogens with zero attached hydrogens (tertiary/aromatic N) is 3. The number of thiazole rings is 1. The van der Waals surface area contributed by atoms with Gasteiger partial charge in [0, 0.05) is 24.0 Å². The van der Waals surface area contributed by atoms with Crippen molar-refractivity contribution in [3.05, 3.63) is 28.5 Å². The fourth-order valence-electron chi connectivity index (χ4n) is 2.01. The first-order chi connectivity index (χ1) is 11.1. The fourth-order valence-corrected chi connectivity index (χ4v) is 2.81. The maximum absolute atomic E-state index is 12.1. The summed E-state index contributed by atoms with van der Waals surface area (Å²) < 4.78 is 1.49. The topological polar surface area (TPSA) is 115 Å². The molecule has 1 fully saturated rings. The number of nitrogens with one attached hydrogen (secondary N) is 2. The number of rotatable bonds is 7. The maximum atomic E-state index is 12.1. The lowest BCUT2D eigenvalue weighted by atomic mass is 10.4. The molecule has 4 N–H and O–H groups in total. The lowest BCUT2D eigenvalue weighted by Crippen LogP contribution is -2.29. The summed E-state index contributed by atoms with van der Waals surface area (Å²) in [6.45, 7) is 0.647. The molecular formula is C14H19ClN6O2S. The smallest absolute Gasteiger partial charge is 0.275 e. The van der Waals surface area contributed by atoms with E-state index < -0.39 is 0 Å². The lowest BCUT2D eigenvalue weighted by molar-refractivity contribution is -0.122. The third-order valence-corrected chi connectivity index (χ3v) is 4.19. The zero-order chi connectivity index (χ0) is 16.2. The van der Waals surface area contributed by atoms with Crippen LogP contribution in [-0.4, -0.2) is 39.2 Å². The first-order valence-corrected chi connectivity index (χ1v) is 8.29. The molecular weight excluding hydrogens is 352 g/mol. The normalized spacial score (nSPS) is 13.2. The standard InChI is InChI=1S/C14H18N6O2S.ClH/c15-4-3-13-19-11(8-23-13)14(22)18-10-5-16-20(6-10)7-12(21)17-9-1-2-9;/h5-6,8-9H,1-4,7,15H2,(H,17,21)(H,18,22);1H. The maximum Gasteiger partial charge on any atom is 0.275 e. The highest BCUT2D eigenvalue weighted by Gasteiger charge is 2.23. The molecule has 130 valence electrons. The van der Waals surface area contributed by atoms with Crippen LogP contribution < -0.4 is 16.4 Å². The average Bonchev–Trinajstić information content (AvgIpc) is 3.01. The van der Waals surface area contributed by atoms with Gasteiger partial charge in [-0.3, -0.25) is 14.3 Å². The summed E-state index contributed by atoms with van der Waals surface area (Å²) in [6.07, 6.45) is 5.89. The molecule has 0 atom stereocenters. The van der Waals surface area contributed by atoms with Crippen molar-refractivity contribution in [2.75, 3.05) is 11.9 Å². The van der Waals surface area contributed by atoms with Gasteiger partial charge in [0.05, 0.1) is 16.9 Å². The number of anilines is 1. The lowest BCUT2D eigenvalue weighted by Gasteiger charge is -2.02. The second-order valence-corrected chi connectivity index (χ2v) is 6.33. The number of aromatic nitrogens is 3. The minimum Gasteiger partial charge on any atom is -0.352 e. The number of hydrogen-bond donors (Lipinski definition) is 3. The second-order valence-electron chi connectivity index (χ2n) is 5.39. The van der Waals surface area contributed by atoms with Crippen molar-refractivity contribution in [3.8, 4) is 0 Å². The van der Waals surface area contributed by atoms with Gasteiger partial charge in [-0.05, 0) is 19.4 Å². The summed E-state index contributed by atoms with van der Waals surface area (Å²) >= 11 is 1.41. The van der Waals surface area contributed by atoms with Crippen LogP contribution in [0.1, 0.15) is 28.3 Å². The van der Waals surface area contributed by atoms with Gasteiger partial charge in [-0.15, -0.1) is 23.7 Å². The molecule has 0 aliphatic heterocycles. The van der Waals surface area contributed by atoms with E-state index in [4.69, 9.17) is 5.73 Å². The van der Waals surface area contributed by atoms with E-state index in [0.29, 0.717) is 30.4 Å². The van der Waals surface area contributed by atoms with Crippen molar-refractivity contribution in [2.24, 2.45) is 5.73 Å². The van der Waals surface area contributed by atoms with Crippen LogP contribution in [0.2, 0.25) is 0 Å². The third kappa shape index (κ3) is 5.02. The highest BCUT2D eigenvalue weighted by Crippen LogP contribution is 2.18. The van der Waals surface area contributed by atoms with Gasteiger partial charge in [-0.25, -0.2) is 4.98 Å². The Kier molecular flexibility index (Phi) is 6.29. The molecule has 0 spiro atoms. The molecule has 0 radical (unpaired) electrons. The summed E-state index contributed by atoms with van der Waals surface area (Å²) in [4.78, 5) is 28.0. The minimum atomic E-state index is -0.300. The van der Waals surface area contributed by atoms with Gasteiger partial charge in [0.1, 0.15) is 12.2 Å². The molecule has 3 rings (SSSR count). The summed E-state index contributed by atoms with van der Waals surface area (Å²) in [7, 11) is 0. The highest BCUT2D eigenvalue weighted by molar-refractivity contribution is 7.09. The van der Waals surface area contributed by atoms with E-state index in [0.717, 1.165) is 17.8 Å². The molecule has 0 unspecified atom stereocenters. The largest absolute Gasteiger partial charge is 0.352 e. The van der Waals surface area contributed by atoms with E-state index in [2.05, 4.69) is 20.7 Å².